The van der Waals surface area contributed by atoms with E-state index in [9.17, 15) is 0 Å². The van der Waals surface area contributed by atoms with E-state index in [0.29, 0.717) is 10.8 Å². The predicted octanol–water partition coefficient (Wildman–Crippen LogP) is 3.45. The molecule has 1 heteroatoms. The molecule has 0 spiro atoms. The first-order chi connectivity index (χ1) is 6.40. The average Bonchev–Trinajstić information content (AvgIpc) is 2.26. The van der Waals surface area contributed by atoms with Crippen LogP contribution in [-0.2, 0) is 0 Å². The van der Waals surface area contributed by atoms with E-state index in [1.54, 1.807) is 0 Å². The van der Waals surface area contributed by atoms with Gasteiger partial charge in [0.1, 0.15) is 0 Å². The van der Waals surface area contributed by atoms with Crippen molar-refractivity contribution in [1.29, 1.82) is 0 Å². The summed E-state index contributed by atoms with van der Waals surface area (Å²) in [6, 6.07) is 0. The molecule has 1 N–H and O–H groups in total. The fourth-order valence-electron chi connectivity index (χ4n) is 3.09. The molecule has 0 radical (unpaired) electrons. The predicted molar refractivity (Wildman–Crippen MR) is 63.4 cm³/mol. The number of hydrogen-bond donors (Lipinski definition) is 1. The first-order valence-corrected chi connectivity index (χ1v) is 6.11. The van der Waals surface area contributed by atoms with E-state index in [0.717, 1.165) is 5.92 Å². The minimum Gasteiger partial charge on any atom is -0.316 e. The maximum atomic E-state index is 3.63. The van der Waals surface area contributed by atoms with Crippen molar-refractivity contribution in [2.24, 2.45) is 16.7 Å². The van der Waals surface area contributed by atoms with Crippen LogP contribution < -0.4 is 5.32 Å². The Morgan fingerprint density at radius 3 is 2.29 bits per heavy atom. The molecule has 1 rings (SSSR count). The topological polar surface area (TPSA) is 12.0 Å². The molecule has 0 amide bonds. The van der Waals surface area contributed by atoms with Gasteiger partial charge in [0, 0.05) is 6.54 Å². The Bertz CT molecular complexity index is 168. The molecule has 1 nitrogen and oxygen atoms in total. The highest BCUT2D eigenvalue weighted by molar-refractivity contribution is 4.95. The summed E-state index contributed by atoms with van der Waals surface area (Å²) in [7, 11) is 0. The van der Waals surface area contributed by atoms with Gasteiger partial charge in [-0.3, -0.25) is 0 Å². The molecule has 1 unspecified atom stereocenters. The summed E-state index contributed by atoms with van der Waals surface area (Å²) >= 11 is 0. The van der Waals surface area contributed by atoms with E-state index in [1.807, 2.05) is 0 Å². The van der Waals surface area contributed by atoms with Crippen molar-refractivity contribution in [3.05, 3.63) is 0 Å². The lowest BCUT2D eigenvalue weighted by Gasteiger charge is -2.48. The third-order valence-corrected chi connectivity index (χ3v) is 4.27. The second-order valence-corrected chi connectivity index (χ2v) is 6.19. The molecule has 0 aliphatic carbocycles. The molecule has 0 saturated carbocycles. The van der Waals surface area contributed by atoms with Crippen molar-refractivity contribution < 1.29 is 0 Å². The van der Waals surface area contributed by atoms with Crippen LogP contribution in [0, 0.1) is 16.7 Å². The minimum atomic E-state index is 0.415. The Hall–Kier alpha value is -0.0400. The average molecular weight is 197 g/mol. The first-order valence-electron chi connectivity index (χ1n) is 6.11. The van der Waals surface area contributed by atoms with Crippen molar-refractivity contribution in [2.75, 3.05) is 13.1 Å². The van der Waals surface area contributed by atoms with Gasteiger partial charge < -0.3 is 5.32 Å². The zero-order chi connectivity index (χ0) is 10.8. The summed E-state index contributed by atoms with van der Waals surface area (Å²) in [5.41, 5.74) is 0.905. The van der Waals surface area contributed by atoms with Crippen LogP contribution in [0.1, 0.15) is 53.9 Å². The summed E-state index contributed by atoms with van der Waals surface area (Å²) in [6.07, 6.45) is 4.13. The van der Waals surface area contributed by atoms with Crippen molar-refractivity contribution in [2.45, 2.75) is 53.9 Å². The van der Waals surface area contributed by atoms with E-state index in [1.165, 1.54) is 32.4 Å². The van der Waals surface area contributed by atoms with Gasteiger partial charge in [-0.2, -0.15) is 0 Å². The van der Waals surface area contributed by atoms with Gasteiger partial charge in [0.2, 0.25) is 0 Å². The highest BCUT2D eigenvalue weighted by Crippen LogP contribution is 2.48. The Kier molecular flexibility index (Phi) is 3.63. The maximum absolute atomic E-state index is 3.63. The third-order valence-electron chi connectivity index (χ3n) is 4.27. The lowest BCUT2D eigenvalue weighted by Crippen LogP contribution is -2.46. The van der Waals surface area contributed by atoms with Crippen LogP contribution in [0.5, 0.6) is 0 Å². The lowest BCUT2D eigenvalue weighted by molar-refractivity contribution is 0.0259. The molecule has 84 valence electrons. The SMILES string of the molecule is CC(C)C1(C(C)(C)C)CCCCNC1. The van der Waals surface area contributed by atoms with Gasteiger partial charge in [0.15, 0.2) is 0 Å². The zero-order valence-electron chi connectivity index (χ0n) is 10.6. The largest absolute Gasteiger partial charge is 0.316 e. The summed E-state index contributed by atoms with van der Waals surface area (Å²) in [6.45, 7) is 14.4. The molecule has 1 heterocycles. The van der Waals surface area contributed by atoms with Gasteiger partial charge in [-0.05, 0) is 36.1 Å². The van der Waals surface area contributed by atoms with Crippen molar-refractivity contribution in [1.82, 2.24) is 5.32 Å². The van der Waals surface area contributed by atoms with E-state index in [2.05, 4.69) is 39.9 Å². The monoisotopic (exact) mass is 197 g/mol. The van der Waals surface area contributed by atoms with Crippen LogP contribution in [0.3, 0.4) is 0 Å². The van der Waals surface area contributed by atoms with E-state index >= 15 is 0 Å². The highest BCUT2D eigenvalue weighted by Gasteiger charge is 2.43. The van der Waals surface area contributed by atoms with Gasteiger partial charge in [0.05, 0.1) is 0 Å². The van der Waals surface area contributed by atoms with Gasteiger partial charge in [-0.25, -0.2) is 0 Å². The van der Waals surface area contributed by atoms with Crippen LogP contribution in [0.15, 0.2) is 0 Å². The molecular formula is C13H27N. The first kappa shape index (κ1) is 12.0. The van der Waals surface area contributed by atoms with E-state index < -0.39 is 0 Å². The smallest absolute Gasteiger partial charge is 0.00153 e. The Morgan fingerprint density at radius 2 is 1.79 bits per heavy atom. The number of rotatable bonds is 1. The van der Waals surface area contributed by atoms with E-state index in [-0.39, 0.29) is 0 Å². The number of nitrogens with one attached hydrogen (secondary N) is 1. The molecular weight excluding hydrogens is 170 g/mol. The lowest BCUT2D eigenvalue weighted by atomic mass is 9.58. The molecule has 1 aliphatic rings. The molecule has 1 atom stereocenters. The Labute approximate surface area is 89.7 Å². The highest BCUT2D eigenvalue weighted by atomic mass is 14.9. The van der Waals surface area contributed by atoms with Gasteiger partial charge in [-0.15, -0.1) is 0 Å². The standard InChI is InChI=1S/C13H27N/c1-11(2)13(12(3,4)5)8-6-7-9-14-10-13/h11,14H,6-10H2,1-5H3. The van der Waals surface area contributed by atoms with Crippen molar-refractivity contribution in [3.8, 4) is 0 Å². The van der Waals surface area contributed by atoms with Crippen LogP contribution in [0.2, 0.25) is 0 Å². The molecule has 0 aromatic rings. The fraction of sp³-hybridized carbons (Fsp3) is 1.00. The fourth-order valence-corrected chi connectivity index (χ4v) is 3.09. The molecule has 14 heavy (non-hydrogen) atoms. The second kappa shape index (κ2) is 4.22. The molecule has 1 fully saturated rings. The summed E-state index contributed by atoms with van der Waals surface area (Å²) in [5, 5.41) is 3.63. The van der Waals surface area contributed by atoms with Crippen LogP contribution >= 0.6 is 0 Å². The normalized spacial score (nSPS) is 30.4. The molecule has 0 aromatic carbocycles. The molecule has 0 aromatic heterocycles. The van der Waals surface area contributed by atoms with Crippen LogP contribution in [-0.4, -0.2) is 13.1 Å². The molecule has 1 aliphatic heterocycles. The summed E-state index contributed by atoms with van der Waals surface area (Å²) in [5.74, 6) is 0.771. The Morgan fingerprint density at radius 1 is 1.14 bits per heavy atom. The summed E-state index contributed by atoms with van der Waals surface area (Å²) in [4.78, 5) is 0. The quantitative estimate of drug-likeness (QED) is 0.679. The maximum Gasteiger partial charge on any atom is 0.00153 e. The zero-order valence-corrected chi connectivity index (χ0v) is 10.6. The molecule has 1 saturated heterocycles. The third kappa shape index (κ3) is 2.13. The molecule has 0 bridgehead atoms. The van der Waals surface area contributed by atoms with E-state index in [4.69, 9.17) is 0 Å². The van der Waals surface area contributed by atoms with Gasteiger partial charge in [0.25, 0.3) is 0 Å². The summed E-state index contributed by atoms with van der Waals surface area (Å²) < 4.78 is 0. The van der Waals surface area contributed by atoms with Crippen LogP contribution in [0.4, 0.5) is 0 Å². The van der Waals surface area contributed by atoms with Gasteiger partial charge >= 0.3 is 0 Å². The van der Waals surface area contributed by atoms with Crippen LogP contribution in [0.25, 0.3) is 0 Å². The number of hydrogen-bond acceptors (Lipinski definition) is 1. The van der Waals surface area contributed by atoms with Crippen molar-refractivity contribution in [3.63, 3.8) is 0 Å². The van der Waals surface area contributed by atoms with Gasteiger partial charge in [-0.1, -0.05) is 41.0 Å². The minimum absolute atomic E-state index is 0.415. The second-order valence-electron chi connectivity index (χ2n) is 6.19. The van der Waals surface area contributed by atoms with Crippen molar-refractivity contribution >= 4 is 0 Å². The Balaban J connectivity index is 2.89.